The lowest BCUT2D eigenvalue weighted by atomic mass is 9.93. The molecule has 3 heterocycles. The van der Waals surface area contributed by atoms with Gasteiger partial charge in [0.2, 0.25) is 0 Å². The Labute approximate surface area is 180 Å². The highest BCUT2D eigenvalue weighted by Crippen LogP contribution is 2.29. The van der Waals surface area contributed by atoms with Gasteiger partial charge < -0.3 is 14.5 Å². The number of fused-ring (bicyclic) bond motifs is 1. The third-order valence-corrected chi connectivity index (χ3v) is 5.54. The van der Waals surface area contributed by atoms with E-state index in [0.29, 0.717) is 24.4 Å². The van der Waals surface area contributed by atoms with Crippen molar-refractivity contribution >= 4 is 17.5 Å². The van der Waals surface area contributed by atoms with Crippen LogP contribution in [-0.2, 0) is 11.2 Å². The number of rotatable bonds is 6. The average molecular weight is 425 g/mol. The first-order chi connectivity index (χ1) is 15.1. The third-order valence-electron chi connectivity index (χ3n) is 5.54. The van der Waals surface area contributed by atoms with Gasteiger partial charge in [0.1, 0.15) is 11.5 Å². The maximum absolute atomic E-state index is 12.7. The van der Waals surface area contributed by atoms with Crippen LogP contribution in [0.1, 0.15) is 50.8 Å². The number of nitrogens with zero attached hydrogens (tertiary/aromatic N) is 3. The van der Waals surface area contributed by atoms with Gasteiger partial charge in [0.05, 0.1) is 18.9 Å². The van der Waals surface area contributed by atoms with Crippen LogP contribution < -0.4 is 10.7 Å². The molecule has 164 valence electrons. The Hall–Kier alpha value is -3.04. The molecule has 1 fully saturated rings. The normalized spacial score (nSPS) is 17.9. The number of carbonyl (C=O) groups excluding carboxylic acids is 2. The Morgan fingerprint density at radius 1 is 1.19 bits per heavy atom. The van der Waals surface area contributed by atoms with Crippen molar-refractivity contribution in [1.82, 2.24) is 20.6 Å². The quantitative estimate of drug-likeness (QED) is 0.679. The first kappa shape index (κ1) is 21.2. The summed E-state index contributed by atoms with van der Waals surface area (Å²) in [4.78, 5) is 31.3. The van der Waals surface area contributed by atoms with Crippen LogP contribution in [0.4, 0.5) is 0 Å². The van der Waals surface area contributed by atoms with E-state index < -0.39 is 0 Å². The Morgan fingerprint density at radius 2 is 2.03 bits per heavy atom. The summed E-state index contributed by atoms with van der Waals surface area (Å²) >= 11 is 0. The van der Waals surface area contributed by atoms with E-state index in [0.717, 1.165) is 68.3 Å². The Bertz CT molecular complexity index is 964. The first-order valence-electron chi connectivity index (χ1n) is 10.6. The van der Waals surface area contributed by atoms with Gasteiger partial charge in [0.15, 0.2) is 5.76 Å². The second-order valence-corrected chi connectivity index (χ2v) is 7.63. The Balaban J connectivity index is 1.42. The van der Waals surface area contributed by atoms with Gasteiger partial charge in [0.25, 0.3) is 11.8 Å². The van der Waals surface area contributed by atoms with E-state index in [4.69, 9.17) is 9.15 Å². The maximum Gasteiger partial charge on any atom is 0.289 e. The number of aromatic nitrogens is 1. The van der Waals surface area contributed by atoms with E-state index in [1.165, 1.54) is 0 Å². The van der Waals surface area contributed by atoms with E-state index in [-0.39, 0.29) is 11.8 Å². The predicted molar refractivity (Wildman–Crippen MR) is 114 cm³/mol. The van der Waals surface area contributed by atoms with Gasteiger partial charge in [-0.1, -0.05) is 6.07 Å². The number of aryl methyl sites for hydroxylation is 1. The topological polar surface area (TPSA) is 109 Å². The lowest BCUT2D eigenvalue weighted by molar-refractivity contribution is 0.0382. The second-order valence-electron chi connectivity index (χ2n) is 7.63. The molecule has 0 radical (unpaired) electrons. The van der Waals surface area contributed by atoms with Crippen LogP contribution in [0.2, 0.25) is 0 Å². The molecule has 1 saturated heterocycles. The molecule has 2 aromatic rings. The summed E-state index contributed by atoms with van der Waals surface area (Å²) < 4.78 is 11.3. The van der Waals surface area contributed by atoms with Crippen LogP contribution in [-0.4, -0.2) is 66.8 Å². The molecule has 2 N–H and O–H groups in total. The summed E-state index contributed by atoms with van der Waals surface area (Å²) in [7, 11) is 0. The molecule has 0 bridgehead atoms. The van der Waals surface area contributed by atoms with Gasteiger partial charge in [0, 0.05) is 49.9 Å². The molecule has 0 aromatic carbocycles. The number of furan rings is 1. The minimum absolute atomic E-state index is 0.225. The molecular formula is C22H27N5O4. The monoisotopic (exact) mass is 425 g/mol. The van der Waals surface area contributed by atoms with Crippen LogP contribution in [0.25, 0.3) is 0 Å². The van der Waals surface area contributed by atoms with E-state index in [1.807, 2.05) is 6.92 Å². The molecule has 0 atom stereocenters. The highest BCUT2D eigenvalue weighted by Gasteiger charge is 2.28. The molecule has 1 aliphatic carbocycles. The molecule has 9 nitrogen and oxygen atoms in total. The number of pyridine rings is 1. The van der Waals surface area contributed by atoms with Gasteiger partial charge in [-0.05, 0) is 31.9 Å². The molecule has 2 aliphatic rings. The van der Waals surface area contributed by atoms with E-state index >= 15 is 0 Å². The van der Waals surface area contributed by atoms with Crippen molar-refractivity contribution in [2.45, 2.75) is 26.2 Å². The molecule has 1 aliphatic heterocycles. The fraction of sp³-hybridized carbons (Fsp3) is 0.455. The molecule has 0 saturated carbocycles. The summed E-state index contributed by atoms with van der Waals surface area (Å²) in [6.07, 6.45) is 3.85. The lowest BCUT2D eigenvalue weighted by Gasteiger charge is -2.26. The molecule has 4 rings (SSSR count). The Morgan fingerprint density at radius 3 is 2.81 bits per heavy atom. The van der Waals surface area contributed by atoms with Crippen LogP contribution in [0.5, 0.6) is 0 Å². The van der Waals surface area contributed by atoms with Gasteiger partial charge in [-0.3, -0.25) is 19.5 Å². The molecule has 2 aromatic heterocycles. The van der Waals surface area contributed by atoms with Crippen molar-refractivity contribution in [3.05, 3.63) is 52.7 Å². The minimum atomic E-state index is -0.373. The number of hydrogen-bond donors (Lipinski definition) is 2. The van der Waals surface area contributed by atoms with Crippen molar-refractivity contribution in [3.8, 4) is 0 Å². The molecule has 2 amide bonds. The first-order valence-corrected chi connectivity index (χ1v) is 10.6. The molecule has 31 heavy (non-hydrogen) atoms. The van der Waals surface area contributed by atoms with Gasteiger partial charge >= 0.3 is 0 Å². The number of carbonyl (C=O) groups is 2. The fourth-order valence-corrected chi connectivity index (χ4v) is 3.90. The number of morpholine rings is 1. The number of ether oxygens (including phenoxy) is 1. The zero-order valence-electron chi connectivity index (χ0n) is 17.6. The van der Waals surface area contributed by atoms with E-state index in [9.17, 15) is 9.59 Å². The lowest BCUT2D eigenvalue weighted by Crippen LogP contribution is -2.41. The zero-order chi connectivity index (χ0) is 21.6. The third kappa shape index (κ3) is 5.00. The van der Waals surface area contributed by atoms with Crippen molar-refractivity contribution in [1.29, 1.82) is 0 Å². The maximum atomic E-state index is 12.7. The van der Waals surface area contributed by atoms with Crippen molar-refractivity contribution in [3.63, 3.8) is 0 Å². The van der Waals surface area contributed by atoms with Gasteiger partial charge in [-0.15, -0.1) is 0 Å². The van der Waals surface area contributed by atoms with Crippen LogP contribution >= 0.6 is 0 Å². The van der Waals surface area contributed by atoms with Crippen LogP contribution in [0.3, 0.4) is 0 Å². The number of hydrogen-bond acceptors (Lipinski definition) is 7. The number of hydrazone groups is 1. The van der Waals surface area contributed by atoms with Gasteiger partial charge in [-0.2, -0.15) is 5.10 Å². The van der Waals surface area contributed by atoms with Crippen LogP contribution in [0, 0.1) is 6.92 Å². The highest BCUT2D eigenvalue weighted by molar-refractivity contribution is 6.07. The summed E-state index contributed by atoms with van der Waals surface area (Å²) in [6.45, 7) is 6.42. The van der Waals surface area contributed by atoms with Gasteiger partial charge in [-0.25, -0.2) is 5.43 Å². The summed E-state index contributed by atoms with van der Waals surface area (Å²) in [5.74, 6) is 0.463. The summed E-state index contributed by atoms with van der Waals surface area (Å²) in [6, 6.07) is 5.13. The average Bonchev–Trinajstić information content (AvgIpc) is 3.16. The zero-order valence-corrected chi connectivity index (χ0v) is 17.6. The smallest absolute Gasteiger partial charge is 0.289 e. The molecule has 0 spiro atoms. The fourth-order valence-electron chi connectivity index (χ4n) is 3.90. The summed E-state index contributed by atoms with van der Waals surface area (Å²) in [5.41, 5.74) is 5.17. The van der Waals surface area contributed by atoms with Crippen LogP contribution in [0.15, 0.2) is 33.9 Å². The Kier molecular flexibility index (Phi) is 6.73. The van der Waals surface area contributed by atoms with Crippen molar-refractivity contribution in [2.24, 2.45) is 5.10 Å². The van der Waals surface area contributed by atoms with E-state index in [1.54, 1.807) is 24.4 Å². The summed E-state index contributed by atoms with van der Waals surface area (Å²) in [5, 5.41) is 7.27. The second kappa shape index (κ2) is 9.84. The van der Waals surface area contributed by atoms with E-state index in [2.05, 4.69) is 25.7 Å². The SMILES string of the molecule is Cc1c(C(=O)NCCN2CCOCC2)oc2c1/C(=N/NC(=O)c1ccccn1)CCC2. The largest absolute Gasteiger partial charge is 0.455 e. The molecule has 9 heteroatoms. The van der Waals surface area contributed by atoms with Crippen molar-refractivity contribution in [2.75, 3.05) is 39.4 Å². The minimum Gasteiger partial charge on any atom is -0.455 e. The number of amides is 2. The van der Waals surface area contributed by atoms with Crippen molar-refractivity contribution < 1.29 is 18.7 Å². The molecular weight excluding hydrogens is 398 g/mol. The number of nitrogens with one attached hydrogen (secondary N) is 2. The standard InChI is InChI=1S/C22H27N5O4/c1-15-19-16(25-26-21(28)17-5-2-3-8-23-17)6-4-7-18(19)31-20(15)22(29)24-9-10-27-11-13-30-14-12-27/h2-3,5,8H,4,6-7,9-14H2,1H3,(H,24,29)(H,26,28)/b25-16+. The molecule has 0 unspecified atom stereocenters. The highest BCUT2D eigenvalue weighted by atomic mass is 16.5. The predicted octanol–water partition coefficient (Wildman–Crippen LogP) is 1.52.